The van der Waals surface area contributed by atoms with Crippen molar-refractivity contribution in [3.05, 3.63) is 47.8 Å². The lowest BCUT2D eigenvalue weighted by Gasteiger charge is -2.14. The van der Waals surface area contributed by atoms with E-state index in [0.717, 1.165) is 18.2 Å². The van der Waals surface area contributed by atoms with Crippen molar-refractivity contribution in [1.82, 2.24) is 20.4 Å². The number of aromatic nitrogens is 2. The predicted molar refractivity (Wildman–Crippen MR) is 111 cm³/mol. The molecule has 0 saturated heterocycles. The lowest BCUT2D eigenvalue weighted by Crippen LogP contribution is -2.37. The number of benzene rings is 1. The molecule has 0 atom stereocenters. The Bertz CT molecular complexity index is 650. The summed E-state index contributed by atoms with van der Waals surface area (Å²) in [6, 6.07) is 10.4. The molecule has 2 aromatic rings. The average Bonchev–Trinajstić information content (AvgIpc) is 2.95. The lowest BCUT2D eigenvalue weighted by atomic mass is 10.2. The number of hydrogen-bond donors (Lipinski definition) is 2. The first kappa shape index (κ1) is 20.3. The molecule has 0 aliphatic rings. The van der Waals surface area contributed by atoms with Crippen LogP contribution in [0.1, 0.15) is 18.2 Å². The smallest absolute Gasteiger partial charge is 0.191 e. The van der Waals surface area contributed by atoms with Gasteiger partial charge in [0.1, 0.15) is 0 Å². The molecule has 1 heterocycles. The molecule has 0 saturated carbocycles. The molecule has 0 aliphatic carbocycles. The molecule has 2 rings (SSSR count). The fourth-order valence-electron chi connectivity index (χ4n) is 2.19. The molecular weight excluding hydrogens is 415 g/mol. The first-order valence-corrected chi connectivity index (χ1v) is 7.85. The van der Waals surface area contributed by atoms with Crippen molar-refractivity contribution in [3.8, 4) is 0 Å². The first-order valence-electron chi connectivity index (χ1n) is 7.85. The van der Waals surface area contributed by atoms with Gasteiger partial charge in [0, 0.05) is 39.6 Å². The van der Waals surface area contributed by atoms with Crippen LogP contribution >= 0.6 is 24.0 Å². The molecule has 132 valence electrons. The Kier molecular flexibility index (Phi) is 8.59. The Morgan fingerprint density at radius 2 is 2.04 bits per heavy atom. The summed E-state index contributed by atoms with van der Waals surface area (Å²) in [5.41, 5.74) is 3.49. The fraction of sp³-hybridized carbons (Fsp3) is 0.412. The number of halogens is 1. The number of nitrogens with one attached hydrogen (secondary N) is 2. The molecule has 0 amide bonds. The minimum atomic E-state index is 0. The van der Waals surface area contributed by atoms with Crippen LogP contribution in [-0.4, -0.2) is 36.4 Å². The van der Waals surface area contributed by atoms with Gasteiger partial charge in [0.25, 0.3) is 0 Å². The van der Waals surface area contributed by atoms with E-state index in [-0.39, 0.29) is 24.0 Å². The van der Waals surface area contributed by atoms with Gasteiger partial charge >= 0.3 is 0 Å². The minimum Gasteiger partial charge on any atom is -0.378 e. The van der Waals surface area contributed by atoms with Gasteiger partial charge in [-0.25, -0.2) is 4.99 Å². The Hall–Kier alpha value is -1.77. The number of rotatable bonds is 6. The summed E-state index contributed by atoms with van der Waals surface area (Å²) in [7, 11) is 6.03. The third-order valence-electron chi connectivity index (χ3n) is 3.55. The first-order chi connectivity index (χ1) is 11.1. The van der Waals surface area contributed by atoms with Gasteiger partial charge < -0.3 is 15.5 Å². The normalized spacial score (nSPS) is 10.9. The second kappa shape index (κ2) is 10.2. The summed E-state index contributed by atoms with van der Waals surface area (Å²) in [6.07, 6.45) is 1.80. The minimum absolute atomic E-state index is 0. The van der Waals surface area contributed by atoms with Crippen molar-refractivity contribution in [2.24, 2.45) is 12.0 Å². The van der Waals surface area contributed by atoms with Crippen molar-refractivity contribution in [2.75, 3.05) is 25.5 Å². The lowest BCUT2D eigenvalue weighted by molar-refractivity contribution is 0.685. The molecule has 0 fully saturated rings. The zero-order valence-electron chi connectivity index (χ0n) is 14.8. The summed E-state index contributed by atoms with van der Waals surface area (Å²) in [5.74, 6) is 0.809. The Balaban J connectivity index is 0.00000288. The van der Waals surface area contributed by atoms with Gasteiger partial charge in [0.2, 0.25) is 0 Å². The number of anilines is 1. The molecule has 7 heteroatoms. The van der Waals surface area contributed by atoms with Crippen LogP contribution in [0.5, 0.6) is 0 Å². The number of hydrogen-bond acceptors (Lipinski definition) is 3. The second-order valence-corrected chi connectivity index (χ2v) is 5.56. The Morgan fingerprint density at radius 1 is 1.25 bits per heavy atom. The summed E-state index contributed by atoms with van der Waals surface area (Å²) in [5, 5.41) is 10.8. The van der Waals surface area contributed by atoms with Gasteiger partial charge in [-0.15, -0.1) is 24.0 Å². The third kappa shape index (κ3) is 6.03. The van der Waals surface area contributed by atoms with E-state index in [0.29, 0.717) is 13.1 Å². The van der Waals surface area contributed by atoms with Crippen LogP contribution in [0.3, 0.4) is 0 Å². The van der Waals surface area contributed by atoms with Gasteiger partial charge in [0.05, 0.1) is 18.8 Å². The van der Waals surface area contributed by atoms with Crippen molar-refractivity contribution >= 4 is 35.6 Å². The van der Waals surface area contributed by atoms with Crippen LogP contribution in [0, 0.1) is 0 Å². The predicted octanol–water partition coefficient (Wildman–Crippen LogP) is 2.36. The van der Waals surface area contributed by atoms with Gasteiger partial charge in [-0.3, -0.25) is 4.68 Å². The standard InChI is InChI=1S/C17H26N6.HI/c1-5-18-17(20-13-16-9-10-21-23(16)4)19-12-14-7-6-8-15(11-14)22(2)3;/h6-11H,5,12-13H2,1-4H3,(H2,18,19,20);1H. The molecule has 6 nitrogen and oxygen atoms in total. The van der Waals surface area contributed by atoms with E-state index in [1.165, 1.54) is 11.3 Å². The zero-order valence-corrected chi connectivity index (χ0v) is 17.1. The van der Waals surface area contributed by atoms with Crippen molar-refractivity contribution in [3.63, 3.8) is 0 Å². The highest BCUT2D eigenvalue weighted by Gasteiger charge is 2.02. The SMILES string of the molecule is CCNC(=NCc1cccc(N(C)C)c1)NCc1ccnn1C.I. The highest BCUT2D eigenvalue weighted by molar-refractivity contribution is 14.0. The largest absolute Gasteiger partial charge is 0.378 e. The molecule has 1 aromatic heterocycles. The molecule has 24 heavy (non-hydrogen) atoms. The second-order valence-electron chi connectivity index (χ2n) is 5.56. The fourth-order valence-corrected chi connectivity index (χ4v) is 2.19. The number of guanidine groups is 1. The van der Waals surface area contributed by atoms with Crippen LogP contribution in [0.2, 0.25) is 0 Å². The molecule has 0 bridgehead atoms. The van der Waals surface area contributed by atoms with Crippen molar-refractivity contribution in [2.45, 2.75) is 20.0 Å². The third-order valence-corrected chi connectivity index (χ3v) is 3.55. The quantitative estimate of drug-likeness (QED) is 0.410. The summed E-state index contributed by atoms with van der Waals surface area (Å²) < 4.78 is 1.86. The van der Waals surface area contributed by atoms with Crippen LogP contribution in [0.25, 0.3) is 0 Å². The van der Waals surface area contributed by atoms with Crippen molar-refractivity contribution in [1.29, 1.82) is 0 Å². The molecular formula is C17H27IN6. The summed E-state index contributed by atoms with van der Waals surface area (Å²) in [6.45, 7) is 4.23. The molecule has 0 unspecified atom stereocenters. The van der Waals surface area contributed by atoms with Gasteiger partial charge in [-0.1, -0.05) is 12.1 Å². The molecule has 2 N–H and O–H groups in total. The number of aryl methyl sites for hydroxylation is 1. The Labute approximate surface area is 161 Å². The maximum atomic E-state index is 4.66. The summed E-state index contributed by atoms with van der Waals surface area (Å²) in [4.78, 5) is 6.76. The van der Waals surface area contributed by atoms with E-state index in [1.54, 1.807) is 6.20 Å². The van der Waals surface area contributed by atoms with Crippen LogP contribution in [0.4, 0.5) is 5.69 Å². The number of nitrogens with zero attached hydrogens (tertiary/aromatic N) is 4. The van der Waals surface area contributed by atoms with Gasteiger partial charge in [-0.05, 0) is 30.7 Å². The number of aliphatic imine (C=N–C) groups is 1. The van der Waals surface area contributed by atoms with Gasteiger partial charge in [-0.2, -0.15) is 5.10 Å². The van der Waals surface area contributed by atoms with E-state index in [9.17, 15) is 0 Å². The Morgan fingerprint density at radius 3 is 2.67 bits per heavy atom. The average molecular weight is 442 g/mol. The topological polar surface area (TPSA) is 57.5 Å². The molecule has 0 radical (unpaired) electrons. The van der Waals surface area contributed by atoms with Gasteiger partial charge in [0.15, 0.2) is 5.96 Å². The van der Waals surface area contributed by atoms with E-state index < -0.39 is 0 Å². The maximum absolute atomic E-state index is 4.66. The monoisotopic (exact) mass is 442 g/mol. The molecule has 0 spiro atoms. The van der Waals surface area contributed by atoms with E-state index in [1.807, 2.05) is 31.9 Å². The molecule has 0 aliphatic heterocycles. The van der Waals surface area contributed by atoms with E-state index in [4.69, 9.17) is 0 Å². The van der Waals surface area contributed by atoms with E-state index in [2.05, 4.69) is 56.8 Å². The highest BCUT2D eigenvalue weighted by atomic mass is 127. The van der Waals surface area contributed by atoms with Crippen LogP contribution in [0.15, 0.2) is 41.5 Å². The highest BCUT2D eigenvalue weighted by Crippen LogP contribution is 2.13. The van der Waals surface area contributed by atoms with Crippen LogP contribution < -0.4 is 15.5 Å². The summed E-state index contributed by atoms with van der Waals surface area (Å²) >= 11 is 0. The molecule has 1 aromatic carbocycles. The van der Waals surface area contributed by atoms with E-state index >= 15 is 0 Å². The zero-order chi connectivity index (χ0) is 16.7. The van der Waals surface area contributed by atoms with Crippen molar-refractivity contribution < 1.29 is 0 Å². The maximum Gasteiger partial charge on any atom is 0.191 e. The van der Waals surface area contributed by atoms with Crippen LogP contribution in [-0.2, 0) is 20.1 Å².